The quantitative estimate of drug-likeness (QED) is 0.796. The molecular formula is C10H13Br2NO3S2. The standard InChI is InChI=1S/C10H13Br2NO3S2/c1-7-5-9(12)10(6-8(7)11)18(15,16)13-3-4-17(2)14/h5-6,13H,3-4H2,1-2H3. The van der Waals surface area contributed by atoms with Gasteiger partial charge in [0.2, 0.25) is 10.0 Å². The van der Waals surface area contributed by atoms with Crippen LogP contribution in [0, 0.1) is 6.92 Å². The van der Waals surface area contributed by atoms with Crippen molar-refractivity contribution in [3.05, 3.63) is 26.6 Å². The number of halogens is 2. The summed E-state index contributed by atoms with van der Waals surface area (Å²) in [5.41, 5.74) is 0.940. The smallest absolute Gasteiger partial charge is 0.241 e. The maximum absolute atomic E-state index is 12.0. The first-order valence-corrected chi connectivity index (χ1v) is 9.79. The summed E-state index contributed by atoms with van der Waals surface area (Å²) >= 11 is 6.54. The van der Waals surface area contributed by atoms with Crippen molar-refractivity contribution in [2.45, 2.75) is 11.8 Å². The van der Waals surface area contributed by atoms with E-state index in [-0.39, 0.29) is 11.4 Å². The van der Waals surface area contributed by atoms with Gasteiger partial charge in [-0.15, -0.1) is 0 Å². The van der Waals surface area contributed by atoms with Crippen LogP contribution in [0.2, 0.25) is 0 Å². The van der Waals surface area contributed by atoms with E-state index in [1.807, 2.05) is 6.92 Å². The first kappa shape index (κ1) is 16.3. The van der Waals surface area contributed by atoms with E-state index in [1.54, 1.807) is 12.1 Å². The Morgan fingerprint density at radius 3 is 2.44 bits per heavy atom. The van der Waals surface area contributed by atoms with Crippen molar-refractivity contribution in [1.29, 1.82) is 0 Å². The van der Waals surface area contributed by atoms with Gasteiger partial charge in [-0.1, -0.05) is 15.9 Å². The van der Waals surface area contributed by atoms with Gasteiger partial charge in [0.15, 0.2) is 0 Å². The third kappa shape index (κ3) is 4.41. The minimum absolute atomic E-state index is 0.156. The van der Waals surface area contributed by atoms with Crippen molar-refractivity contribution in [3.63, 3.8) is 0 Å². The third-order valence-corrected chi connectivity index (χ3v) is 6.24. The van der Waals surface area contributed by atoms with E-state index in [1.165, 1.54) is 6.26 Å². The van der Waals surface area contributed by atoms with Crippen LogP contribution >= 0.6 is 31.9 Å². The minimum atomic E-state index is -3.59. The summed E-state index contributed by atoms with van der Waals surface area (Å²) in [5, 5.41) is 0. The van der Waals surface area contributed by atoms with Gasteiger partial charge in [-0.3, -0.25) is 4.21 Å². The molecule has 0 aliphatic rings. The molecule has 0 spiro atoms. The monoisotopic (exact) mass is 417 g/mol. The maximum atomic E-state index is 12.0. The fraction of sp³-hybridized carbons (Fsp3) is 0.400. The first-order valence-electron chi connectivity index (χ1n) is 4.99. The molecule has 0 aliphatic carbocycles. The minimum Gasteiger partial charge on any atom is -0.260 e. The first-order chi connectivity index (χ1) is 8.24. The molecule has 1 aromatic rings. The third-order valence-electron chi connectivity index (χ3n) is 2.18. The van der Waals surface area contributed by atoms with E-state index in [4.69, 9.17) is 0 Å². The average Bonchev–Trinajstić information content (AvgIpc) is 2.22. The number of rotatable bonds is 5. The summed E-state index contributed by atoms with van der Waals surface area (Å²) < 4.78 is 38.6. The van der Waals surface area contributed by atoms with Gasteiger partial charge in [0, 0.05) is 38.3 Å². The summed E-state index contributed by atoms with van der Waals surface area (Å²) in [6, 6.07) is 3.28. The lowest BCUT2D eigenvalue weighted by molar-refractivity contribution is 0.583. The molecule has 1 N–H and O–H groups in total. The molecule has 0 aliphatic heterocycles. The van der Waals surface area contributed by atoms with Crippen molar-refractivity contribution in [2.75, 3.05) is 18.6 Å². The Balaban J connectivity index is 2.98. The molecule has 0 fully saturated rings. The lowest BCUT2D eigenvalue weighted by Crippen LogP contribution is -2.28. The summed E-state index contributed by atoms with van der Waals surface area (Å²) in [7, 11) is -4.61. The zero-order chi connectivity index (χ0) is 13.9. The van der Waals surface area contributed by atoms with Crippen LogP contribution in [-0.4, -0.2) is 31.2 Å². The molecule has 102 valence electrons. The van der Waals surface area contributed by atoms with Crippen LogP contribution in [0.4, 0.5) is 0 Å². The molecule has 0 aromatic heterocycles. The predicted molar refractivity (Wildman–Crippen MR) is 80.7 cm³/mol. The molecule has 1 rings (SSSR count). The summed E-state index contributed by atoms with van der Waals surface area (Å²) in [6.07, 6.45) is 1.53. The number of nitrogens with one attached hydrogen (secondary N) is 1. The van der Waals surface area contributed by atoms with Crippen molar-refractivity contribution < 1.29 is 12.6 Å². The van der Waals surface area contributed by atoms with Gasteiger partial charge in [0.25, 0.3) is 0 Å². The highest BCUT2D eigenvalue weighted by atomic mass is 79.9. The van der Waals surface area contributed by atoms with E-state index >= 15 is 0 Å². The van der Waals surface area contributed by atoms with Gasteiger partial charge in [0.1, 0.15) is 0 Å². The Labute approximate surface area is 126 Å². The van der Waals surface area contributed by atoms with Gasteiger partial charge in [-0.25, -0.2) is 13.1 Å². The number of benzene rings is 1. The van der Waals surface area contributed by atoms with Gasteiger partial charge < -0.3 is 0 Å². The highest BCUT2D eigenvalue weighted by Gasteiger charge is 2.18. The lowest BCUT2D eigenvalue weighted by atomic mass is 10.2. The van der Waals surface area contributed by atoms with Crippen LogP contribution in [0.1, 0.15) is 5.56 Å². The number of sulfonamides is 1. The maximum Gasteiger partial charge on any atom is 0.241 e. The van der Waals surface area contributed by atoms with Crippen molar-refractivity contribution in [2.24, 2.45) is 0 Å². The molecule has 0 amide bonds. The van der Waals surface area contributed by atoms with Crippen LogP contribution in [0.3, 0.4) is 0 Å². The number of hydrogen-bond acceptors (Lipinski definition) is 3. The number of aryl methyl sites for hydroxylation is 1. The molecule has 0 saturated carbocycles. The summed E-state index contributed by atoms with van der Waals surface area (Å²) in [6.45, 7) is 2.03. The molecule has 1 atom stereocenters. The molecule has 8 heteroatoms. The van der Waals surface area contributed by atoms with E-state index in [2.05, 4.69) is 36.6 Å². The van der Waals surface area contributed by atoms with Crippen molar-refractivity contribution in [1.82, 2.24) is 4.72 Å². The molecule has 0 heterocycles. The normalized spacial score (nSPS) is 13.6. The molecule has 0 saturated heterocycles. The van der Waals surface area contributed by atoms with Gasteiger partial charge >= 0.3 is 0 Å². The SMILES string of the molecule is Cc1cc(Br)c(S(=O)(=O)NCCS(C)=O)cc1Br. The van der Waals surface area contributed by atoms with Crippen LogP contribution in [0.15, 0.2) is 26.0 Å². The molecular weight excluding hydrogens is 406 g/mol. The van der Waals surface area contributed by atoms with Crippen LogP contribution in [0.5, 0.6) is 0 Å². The molecule has 4 nitrogen and oxygen atoms in total. The number of hydrogen-bond donors (Lipinski definition) is 1. The second-order valence-corrected chi connectivity index (χ2v) is 8.71. The zero-order valence-electron chi connectivity index (χ0n) is 9.87. The predicted octanol–water partition coefficient (Wildman–Crippen LogP) is 2.18. The van der Waals surface area contributed by atoms with Gasteiger partial charge in [-0.05, 0) is 40.5 Å². The van der Waals surface area contributed by atoms with E-state index in [9.17, 15) is 12.6 Å². The second-order valence-electron chi connectivity index (χ2n) is 3.71. The van der Waals surface area contributed by atoms with Crippen molar-refractivity contribution in [3.8, 4) is 0 Å². The Morgan fingerprint density at radius 1 is 1.28 bits per heavy atom. The average molecular weight is 419 g/mol. The van der Waals surface area contributed by atoms with Gasteiger partial charge in [-0.2, -0.15) is 0 Å². The van der Waals surface area contributed by atoms with E-state index in [0.29, 0.717) is 10.2 Å². The highest BCUT2D eigenvalue weighted by Crippen LogP contribution is 2.28. The largest absolute Gasteiger partial charge is 0.260 e. The Bertz CT molecular complexity index is 573. The lowest BCUT2D eigenvalue weighted by Gasteiger charge is -2.10. The van der Waals surface area contributed by atoms with Gasteiger partial charge in [0.05, 0.1) is 4.90 Å². The fourth-order valence-corrected chi connectivity index (χ4v) is 4.46. The Hall–Kier alpha value is 0.240. The molecule has 18 heavy (non-hydrogen) atoms. The molecule has 1 unspecified atom stereocenters. The van der Waals surface area contributed by atoms with E-state index in [0.717, 1.165) is 10.0 Å². The Morgan fingerprint density at radius 2 is 1.89 bits per heavy atom. The van der Waals surface area contributed by atoms with Crippen LogP contribution in [0.25, 0.3) is 0 Å². The summed E-state index contributed by atoms with van der Waals surface area (Å²) in [5.74, 6) is 0.296. The Kier molecular flexibility index (Phi) is 5.98. The topological polar surface area (TPSA) is 63.2 Å². The molecule has 0 radical (unpaired) electrons. The van der Waals surface area contributed by atoms with Crippen LogP contribution in [-0.2, 0) is 20.8 Å². The van der Waals surface area contributed by atoms with E-state index < -0.39 is 20.8 Å². The summed E-state index contributed by atoms with van der Waals surface area (Å²) in [4.78, 5) is 0.168. The molecule has 1 aromatic carbocycles. The highest BCUT2D eigenvalue weighted by molar-refractivity contribution is 9.11. The fourth-order valence-electron chi connectivity index (χ4n) is 1.23. The second kappa shape index (κ2) is 6.60. The van der Waals surface area contributed by atoms with Crippen molar-refractivity contribution >= 4 is 52.7 Å². The zero-order valence-corrected chi connectivity index (χ0v) is 14.7. The molecule has 0 bridgehead atoms. The van der Waals surface area contributed by atoms with Crippen LogP contribution < -0.4 is 4.72 Å².